The van der Waals surface area contributed by atoms with Crippen LogP contribution in [0.25, 0.3) is 11.2 Å². The Balaban J connectivity index is 1.78. The van der Waals surface area contributed by atoms with Gasteiger partial charge in [-0.25, -0.2) is 4.98 Å². The van der Waals surface area contributed by atoms with Crippen LogP contribution in [0.3, 0.4) is 0 Å². The number of piperidine rings is 1. The van der Waals surface area contributed by atoms with Gasteiger partial charge in [0.25, 0.3) is 0 Å². The van der Waals surface area contributed by atoms with Gasteiger partial charge in [0, 0.05) is 13.0 Å². The molecule has 1 atom stereocenters. The molecular weight excluding hydrogens is 294 g/mol. The maximum absolute atomic E-state index is 5.75. The first-order chi connectivity index (χ1) is 8.70. The van der Waals surface area contributed by atoms with Gasteiger partial charge in [-0.15, -0.1) is 0 Å². The second-order valence-electron chi connectivity index (χ2n) is 5.04. The van der Waals surface area contributed by atoms with Gasteiger partial charge in [0.1, 0.15) is 4.60 Å². The van der Waals surface area contributed by atoms with Gasteiger partial charge in [-0.2, -0.15) is 4.98 Å². The van der Waals surface area contributed by atoms with Gasteiger partial charge in [0.15, 0.2) is 17.1 Å². The lowest BCUT2D eigenvalue weighted by atomic mass is 9.95. The maximum Gasteiger partial charge on any atom is 0.199 e. The van der Waals surface area contributed by atoms with Crippen LogP contribution in [-0.2, 0) is 6.42 Å². The van der Waals surface area contributed by atoms with Crippen LogP contribution in [0.2, 0.25) is 0 Å². The van der Waals surface area contributed by atoms with E-state index in [0.29, 0.717) is 11.6 Å². The van der Waals surface area contributed by atoms with E-state index in [1.807, 2.05) is 12.1 Å². The fourth-order valence-corrected chi connectivity index (χ4v) is 2.91. The summed E-state index contributed by atoms with van der Waals surface area (Å²) in [4.78, 5) is 11.2. The standard InChI is InChI=1S/C13H16BrN3O/c1-17-6-2-3-9(8-17)7-12-16-13-10(18-12)4-5-11(14)15-13/h4-5,9H,2-3,6-8H2,1H3. The van der Waals surface area contributed by atoms with Crippen molar-refractivity contribution in [2.24, 2.45) is 5.92 Å². The van der Waals surface area contributed by atoms with Crippen LogP contribution in [0.4, 0.5) is 0 Å². The fraction of sp³-hybridized carbons (Fsp3) is 0.538. The number of oxazole rings is 1. The number of rotatable bonds is 2. The molecule has 4 nitrogen and oxygen atoms in total. The Hall–Kier alpha value is -0.940. The van der Waals surface area contributed by atoms with Crippen molar-refractivity contribution in [2.75, 3.05) is 20.1 Å². The van der Waals surface area contributed by atoms with Crippen LogP contribution >= 0.6 is 15.9 Å². The van der Waals surface area contributed by atoms with E-state index in [-0.39, 0.29) is 0 Å². The van der Waals surface area contributed by atoms with Crippen molar-refractivity contribution in [3.8, 4) is 0 Å². The Morgan fingerprint density at radius 3 is 3.17 bits per heavy atom. The molecule has 1 aliphatic rings. The number of nitrogens with zero attached hydrogens (tertiary/aromatic N) is 3. The van der Waals surface area contributed by atoms with Crippen LogP contribution in [0.1, 0.15) is 18.7 Å². The third kappa shape index (κ3) is 2.57. The Kier molecular flexibility index (Phi) is 3.35. The number of aromatic nitrogens is 2. The van der Waals surface area contributed by atoms with Crippen molar-refractivity contribution in [1.82, 2.24) is 14.9 Å². The Labute approximate surface area is 115 Å². The molecule has 0 aliphatic carbocycles. The molecule has 5 heteroatoms. The van der Waals surface area contributed by atoms with Crippen molar-refractivity contribution >= 4 is 27.2 Å². The molecule has 0 saturated carbocycles. The number of likely N-dealkylation sites (tertiary alicyclic amines) is 1. The molecule has 3 heterocycles. The highest BCUT2D eigenvalue weighted by molar-refractivity contribution is 9.10. The quantitative estimate of drug-likeness (QED) is 0.800. The molecule has 96 valence electrons. The average molecular weight is 310 g/mol. The van der Waals surface area contributed by atoms with E-state index >= 15 is 0 Å². The van der Waals surface area contributed by atoms with E-state index < -0.39 is 0 Å². The zero-order valence-corrected chi connectivity index (χ0v) is 12.0. The van der Waals surface area contributed by atoms with Gasteiger partial charge < -0.3 is 9.32 Å². The highest BCUT2D eigenvalue weighted by Gasteiger charge is 2.20. The molecule has 2 aromatic rings. The summed E-state index contributed by atoms with van der Waals surface area (Å²) in [6, 6.07) is 3.79. The maximum atomic E-state index is 5.75. The summed E-state index contributed by atoms with van der Waals surface area (Å²) in [6.07, 6.45) is 3.45. The third-order valence-corrected chi connectivity index (χ3v) is 3.89. The summed E-state index contributed by atoms with van der Waals surface area (Å²) in [7, 11) is 2.18. The van der Waals surface area contributed by atoms with Crippen LogP contribution in [0, 0.1) is 5.92 Å². The van der Waals surface area contributed by atoms with Crippen LogP contribution in [-0.4, -0.2) is 35.0 Å². The second kappa shape index (κ2) is 4.97. The zero-order valence-electron chi connectivity index (χ0n) is 10.4. The minimum Gasteiger partial charge on any atom is -0.439 e. The molecule has 3 rings (SSSR count). The molecule has 0 radical (unpaired) electrons. The largest absolute Gasteiger partial charge is 0.439 e. The summed E-state index contributed by atoms with van der Waals surface area (Å²) >= 11 is 3.35. The van der Waals surface area contributed by atoms with E-state index in [1.165, 1.54) is 19.4 Å². The first kappa shape index (κ1) is 12.1. The van der Waals surface area contributed by atoms with Crippen LogP contribution in [0.15, 0.2) is 21.2 Å². The molecule has 1 fully saturated rings. The minimum absolute atomic E-state index is 0.653. The summed E-state index contributed by atoms with van der Waals surface area (Å²) < 4.78 is 6.55. The molecule has 0 bridgehead atoms. The lowest BCUT2D eigenvalue weighted by Gasteiger charge is -2.28. The monoisotopic (exact) mass is 309 g/mol. The van der Waals surface area contributed by atoms with Crippen LogP contribution < -0.4 is 0 Å². The highest BCUT2D eigenvalue weighted by atomic mass is 79.9. The van der Waals surface area contributed by atoms with E-state index in [0.717, 1.165) is 29.0 Å². The Bertz CT molecular complexity index is 554. The van der Waals surface area contributed by atoms with Gasteiger partial charge in [-0.3, -0.25) is 0 Å². The fourth-order valence-electron chi connectivity index (χ4n) is 2.61. The summed E-state index contributed by atoms with van der Waals surface area (Å²) in [5, 5.41) is 0. The summed E-state index contributed by atoms with van der Waals surface area (Å²) in [5.74, 6) is 1.47. The van der Waals surface area contributed by atoms with Crippen molar-refractivity contribution in [1.29, 1.82) is 0 Å². The molecule has 0 N–H and O–H groups in total. The number of fused-ring (bicyclic) bond motifs is 1. The lowest BCUT2D eigenvalue weighted by Crippen LogP contribution is -2.33. The minimum atomic E-state index is 0.653. The Morgan fingerprint density at radius 2 is 2.33 bits per heavy atom. The van der Waals surface area contributed by atoms with Crippen LogP contribution in [0.5, 0.6) is 0 Å². The number of hydrogen-bond donors (Lipinski definition) is 0. The number of halogens is 1. The van der Waals surface area contributed by atoms with Gasteiger partial charge in [0.05, 0.1) is 0 Å². The van der Waals surface area contributed by atoms with E-state index in [4.69, 9.17) is 4.42 Å². The van der Waals surface area contributed by atoms with Gasteiger partial charge in [0.2, 0.25) is 0 Å². The lowest BCUT2D eigenvalue weighted by molar-refractivity contribution is 0.203. The molecule has 2 aromatic heterocycles. The topological polar surface area (TPSA) is 42.2 Å². The van der Waals surface area contributed by atoms with Gasteiger partial charge in [-0.1, -0.05) is 0 Å². The van der Waals surface area contributed by atoms with E-state index in [1.54, 1.807) is 0 Å². The number of pyridine rings is 1. The molecule has 0 amide bonds. The molecule has 0 aromatic carbocycles. The van der Waals surface area contributed by atoms with E-state index in [9.17, 15) is 0 Å². The van der Waals surface area contributed by atoms with Gasteiger partial charge in [-0.05, 0) is 60.4 Å². The number of hydrogen-bond acceptors (Lipinski definition) is 4. The Morgan fingerprint density at radius 1 is 1.44 bits per heavy atom. The molecule has 1 aliphatic heterocycles. The third-order valence-electron chi connectivity index (χ3n) is 3.45. The molecule has 0 spiro atoms. The molecular formula is C13H16BrN3O. The second-order valence-corrected chi connectivity index (χ2v) is 5.85. The normalized spacial score (nSPS) is 21.6. The first-order valence-corrected chi connectivity index (χ1v) is 7.10. The molecule has 18 heavy (non-hydrogen) atoms. The van der Waals surface area contributed by atoms with Crippen molar-refractivity contribution in [3.05, 3.63) is 22.6 Å². The van der Waals surface area contributed by atoms with Crippen molar-refractivity contribution in [3.63, 3.8) is 0 Å². The summed E-state index contributed by atoms with van der Waals surface area (Å²) in [5.41, 5.74) is 1.47. The average Bonchev–Trinajstić information content (AvgIpc) is 2.70. The SMILES string of the molecule is CN1CCCC(Cc2nc3nc(Br)ccc3o2)C1. The van der Waals surface area contributed by atoms with Crippen molar-refractivity contribution < 1.29 is 4.42 Å². The highest BCUT2D eigenvalue weighted by Crippen LogP contribution is 2.22. The summed E-state index contributed by atoms with van der Waals surface area (Å²) in [6.45, 7) is 2.34. The smallest absolute Gasteiger partial charge is 0.199 e. The van der Waals surface area contributed by atoms with Crippen molar-refractivity contribution in [2.45, 2.75) is 19.3 Å². The molecule has 1 saturated heterocycles. The van der Waals surface area contributed by atoms with E-state index in [2.05, 4.69) is 37.8 Å². The zero-order chi connectivity index (χ0) is 12.5. The predicted octanol–water partition coefficient (Wildman–Crippen LogP) is 2.87. The van der Waals surface area contributed by atoms with Gasteiger partial charge >= 0.3 is 0 Å². The molecule has 1 unspecified atom stereocenters. The first-order valence-electron chi connectivity index (χ1n) is 6.31. The predicted molar refractivity (Wildman–Crippen MR) is 73.4 cm³/mol.